The van der Waals surface area contributed by atoms with Crippen LogP contribution < -0.4 is 16.4 Å². The Morgan fingerprint density at radius 2 is 2.00 bits per heavy atom. The smallest absolute Gasteiger partial charge is 0.354 e. The molecule has 1 amide bonds. The molecular formula is C12H10N4O5. The zero-order chi connectivity index (χ0) is 15.4. The molecule has 0 saturated carbocycles. The molecule has 0 fully saturated rings. The van der Waals surface area contributed by atoms with E-state index in [4.69, 9.17) is 5.11 Å². The predicted molar refractivity (Wildman–Crippen MR) is 71.1 cm³/mol. The molecule has 9 nitrogen and oxygen atoms in total. The molecule has 2 heterocycles. The van der Waals surface area contributed by atoms with Crippen molar-refractivity contribution in [3.05, 3.63) is 56.7 Å². The number of carboxylic acids is 1. The SMILES string of the molecule is O=C(Cn1[nH]c(=O)ccc1=O)Nc1cccc(C(=O)O)n1. The van der Waals surface area contributed by atoms with E-state index in [1.165, 1.54) is 18.2 Å². The zero-order valence-electron chi connectivity index (χ0n) is 10.6. The van der Waals surface area contributed by atoms with Crippen LogP contribution in [0.25, 0.3) is 0 Å². The lowest BCUT2D eigenvalue weighted by Gasteiger charge is -2.06. The van der Waals surface area contributed by atoms with Gasteiger partial charge >= 0.3 is 5.97 Å². The molecule has 0 aliphatic rings. The van der Waals surface area contributed by atoms with Gasteiger partial charge in [-0.2, -0.15) is 0 Å². The zero-order valence-corrected chi connectivity index (χ0v) is 10.6. The van der Waals surface area contributed by atoms with Crippen LogP contribution in [0.2, 0.25) is 0 Å². The van der Waals surface area contributed by atoms with Gasteiger partial charge in [0.2, 0.25) is 5.91 Å². The van der Waals surface area contributed by atoms with Crippen molar-refractivity contribution in [1.29, 1.82) is 0 Å². The van der Waals surface area contributed by atoms with Gasteiger partial charge in [0, 0.05) is 12.1 Å². The molecule has 21 heavy (non-hydrogen) atoms. The van der Waals surface area contributed by atoms with Crippen LogP contribution in [0.5, 0.6) is 0 Å². The van der Waals surface area contributed by atoms with E-state index in [0.717, 1.165) is 16.8 Å². The van der Waals surface area contributed by atoms with Gasteiger partial charge in [0.05, 0.1) is 0 Å². The topological polar surface area (TPSA) is 134 Å². The van der Waals surface area contributed by atoms with E-state index < -0.39 is 29.5 Å². The largest absolute Gasteiger partial charge is 0.477 e. The second-order valence-electron chi connectivity index (χ2n) is 4.00. The number of aromatic nitrogens is 3. The summed E-state index contributed by atoms with van der Waals surface area (Å²) in [5.74, 6) is -1.82. The minimum atomic E-state index is -1.23. The highest BCUT2D eigenvalue weighted by molar-refractivity contribution is 5.91. The van der Waals surface area contributed by atoms with Gasteiger partial charge in [0.1, 0.15) is 12.4 Å². The number of nitrogens with one attached hydrogen (secondary N) is 2. The Bertz CT molecular complexity index is 808. The van der Waals surface area contributed by atoms with Crippen LogP contribution in [0.1, 0.15) is 10.5 Å². The van der Waals surface area contributed by atoms with Crippen molar-refractivity contribution in [2.75, 3.05) is 5.32 Å². The summed E-state index contributed by atoms with van der Waals surface area (Å²) < 4.78 is 0.832. The van der Waals surface area contributed by atoms with Gasteiger partial charge < -0.3 is 10.4 Å². The number of carbonyl (C=O) groups excluding carboxylic acids is 1. The number of amides is 1. The van der Waals surface area contributed by atoms with Crippen LogP contribution in [0, 0.1) is 0 Å². The molecule has 9 heteroatoms. The van der Waals surface area contributed by atoms with Crippen LogP contribution in [-0.2, 0) is 11.3 Å². The Balaban J connectivity index is 2.13. The number of nitrogens with zero attached hydrogens (tertiary/aromatic N) is 2. The number of aromatic amines is 1. The van der Waals surface area contributed by atoms with E-state index >= 15 is 0 Å². The molecule has 2 aromatic rings. The number of carbonyl (C=O) groups is 2. The maximum atomic E-state index is 11.7. The highest BCUT2D eigenvalue weighted by Crippen LogP contribution is 2.04. The highest BCUT2D eigenvalue weighted by atomic mass is 16.4. The molecular weight excluding hydrogens is 280 g/mol. The third kappa shape index (κ3) is 3.62. The van der Waals surface area contributed by atoms with E-state index in [-0.39, 0.29) is 11.5 Å². The Labute approximate surface area is 116 Å². The predicted octanol–water partition coefficient (Wildman–Crippen LogP) is -0.732. The van der Waals surface area contributed by atoms with E-state index in [1.54, 1.807) is 0 Å². The molecule has 0 aromatic carbocycles. The van der Waals surface area contributed by atoms with E-state index in [1.807, 2.05) is 0 Å². The van der Waals surface area contributed by atoms with Crippen molar-refractivity contribution in [2.24, 2.45) is 0 Å². The summed E-state index contributed by atoms with van der Waals surface area (Å²) in [6, 6.07) is 6.19. The quantitative estimate of drug-likeness (QED) is 0.679. The number of H-pyrrole nitrogens is 1. The number of hydrogen-bond acceptors (Lipinski definition) is 5. The molecule has 0 spiro atoms. The molecule has 0 aliphatic carbocycles. The standard InChI is InChI=1S/C12H10N4O5/c17-9-4-5-11(19)16(15-9)6-10(18)14-8-3-1-2-7(13-8)12(20)21/h1-5H,6H2,(H,15,17)(H,20,21)(H,13,14,18). The number of aromatic carboxylic acids is 1. The Kier molecular flexibility index (Phi) is 3.93. The number of pyridine rings is 1. The summed E-state index contributed by atoms with van der Waals surface area (Å²) in [7, 11) is 0. The Hall–Kier alpha value is -3.23. The van der Waals surface area contributed by atoms with Gasteiger partial charge in [0.25, 0.3) is 11.1 Å². The van der Waals surface area contributed by atoms with Crippen molar-refractivity contribution in [2.45, 2.75) is 6.54 Å². The molecule has 0 unspecified atom stereocenters. The summed E-state index contributed by atoms with van der Waals surface area (Å²) in [4.78, 5) is 48.7. The van der Waals surface area contributed by atoms with Crippen molar-refractivity contribution < 1.29 is 14.7 Å². The number of anilines is 1. The lowest BCUT2D eigenvalue weighted by atomic mass is 10.3. The minimum Gasteiger partial charge on any atom is -0.477 e. The first kappa shape index (κ1) is 14.2. The van der Waals surface area contributed by atoms with Crippen LogP contribution in [0.15, 0.2) is 39.9 Å². The molecule has 0 bridgehead atoms. The second-order valence-corrected chi connectivity index (χ2v) is 4.00. The number of carboxylic acid groups (broad SMARTS) is 1. The first-order valence-corrected chi connectivity index (χ1v) is 5.76. The van der Waals surface area contributed by atoms with Gasteiger partial charge in [0.15, 0.2) is 5.69 Å². The first-order valence-electron chi connectivity index (χ1n) is 5.76. The maximum Gasteiger partial charge on any atom is 0.354 e. The summed E-state index contributed by atoms with van der Waals surface area (Å²) >= 11 is 0. The summed E-state index contributed by atoms with van der Waals surface area (Å²) in [5.41, 5.74) is -1.29. The fourth-order valence-corrected chi connectivity index (χ4v) is 1.53. The molecule has 108 valence electrons. The van der Waals surface area contributed by atoms with Crippen molar-refractivity contribution >= 4 is 17.7 Å². The molecule has 3 N–H and O–H groups in total. The van der Waals surface area contributed by atoms with Crippen molar-refractivity contribution in [3.63, 3.8) is 0 Å². The molecule has 0 saturated heterocycles. The maximum absolute atomic E-state index is 11.7. The summed E-state index contributed by atoms with van der Waals surface area (Å²) in [5, 5.41) is 13.3. The van der Waals surface area contributed by atoms with Crippen LogP contribution in [-0.4, -0.2) is 31.7 Å². The van der Waals surface area contributed by atoms with Gasteiger partial charge in [-0.15, -0.1) is 0 Å². The Morgan fingerprint density at radius 3 is 2.71 bits per heavy atom. The third-order valence-corrected chi connectivity index (χ3v) is 2.43. The normalized spacial score (nSPS) is 10.1. The third-order valence-electron chi connectivity index (χ3n) is 2.43. The van der Waals surface area contributed by atoms with Gasteiger partial charge in [-0.05, 0) is 12.1 Å². The Morgan fingerprint density at radius 1 is 1.24 bits per heavy atom. The van der Waals surface area contributed by atoms with Crippen molar-refractivity contribution in [1.82, 2.24) is 14.8 Å². The van der Waals surface area contributed by atoms with E-state index in [0.29, 0.717) is 0 Å². The second kappa shape index (κ2) is 5.82. The summed E-state index contributed by atoms with van der Waals surface area (Å²) in [6.45, 7) is -0.423. The van der Waals surface area contributed by atoms with Gasteiger partial charge in [-0.25, -0.2) is 14.5 Å². The average Bonchev–Trinajstić information content (AvgIpc) is 2.43. The van der Waals surface area contributed by atoms with Crippen molar-refractivity contribution in [3.8, 4) is 0 Å². The fraction of sp³-hybridized carbons (Fsp3) is 0.0833. The van der Waals surface area contributed by atoms with Gasteiger partial charge in [-0.1, -0.05) is 6.07 Å². The van der Waals surface area contributed by atoms with E-state index in [2.05, 4.69) is 15.4 Å². The number of rotatable bonds is 4. The van der Waals surface area contributed by atoms with Crippen LogP contribution in [0.4, 0.5) is 5.82 Å². The van der Waals surface area contributed by atoms with Crippen LogP contribution in [0.3, 0.4) is 0 Å². The monoisotopic (exact) mass is 290 g/mol. The highest BCUT2D eigenvalue weighted by Gasteiger charge is 2.09. The average molecular weight is 290 g/mol. The fourth-order valence-electron chi connectivity index (χ4n) is 1.53. The summed E-state index contributed by atoms with van der Waals surface area (Å²) in [6.07, 6.45) is 0. The minimum absolute atomic E-state index is 0.0335. The van der Waals surface area contributed by atoms with Gasteiger partial charge in [-0.3, -0.25) is 19.5 Å². The molecule has 2 aromatic heterocycles. The molecule has 0 radical (unpaired) electrons. The van der Waals surface area contributed by atoms with Crippen LogP contribution >= 0.6 is 0 Å². The lowest BCUT2D eigenvalue weighted by Crippen LogP contribution is -2.33. The number of hydrogen-bond donors (Lipinski definition) is 3. The lowest BCUT2D eigenvalue weighted by molar-refractivity contribution is -0.117. The first-order chi connectivity index (χ1) is 9.95. The molecule has 0 aliphatic heterocycles. The molecule has 0 atom stereocenters. The molecule has 2 rings (SSSR count). The van der Waals surface area contributed by atoms with E-state index in [9.17, 15) is 19.2 Å².